The van der Waals surface area contributed by atoms with Crippen LogP contribution in [0.5, 0.6) is 0 Å². The van der Waals surface area contributed by atoms with Gasteiger partial charge < -0.3 is 5.11 Å². The Bertz CT molecular complexity index is 294. The van der Waals surface area contributed by atoms with Crippen molar-refractivity contribution in [2.24, 2.45) is 5.41 Å². The highest BCUT2D eigenvalue weighted by atomic mass is 19.4. The number of carbonyl (C=O) groups is 1. The van der Waals surface area contributed by atoms with Crippen molar-refractivity contribution < 1.29 is 36.2 Å². The summed E-state index contributed by atoms with van der Waals surface area (Å²) in [6.45, 7) is 1.92. The van der Waals surface area contributed by atoms with E-state index in [2.05, 4.69) is 0 Å². The molecule has 0 aliphatic carbocycles. The Hall–Kier alpha value is -0.950. The second kappa shape index (κ2) is 7.17. The van der Waals surface area contributed by atoms with E-state index in [1.54, 1.807) is 0 Å². The Kier molecular flexibility index (Phi) is 6.83. The minimum Gasteiger partial charge on any atom is -0.480 e. The summed E-state index contributed by atoms with van der Waals surface area (Å²) in [5, 5.41) is 8.50. The summed E-state index contributed by atoms with van der Waals surface area (Å²) >= 11 is 0. The third-order valence-corrected chi connectivity index (χ3v) is 3.24. The molecule has 0 aromatic heterocycles. The lowest BCUT2D eigenvalue weighted by molar-refractivity contribution is -0.333. The average molecular weight is 308 g/mol. The molecule has 0 unspecified atom stereocenters. The van der Waals surface area contributed by atoms with Crippen LogP contribution in [0.25, 0.3) is 0 Å². The molecule has 0 aliphatic heterocycles. The molecule has 0 radical (unpaired) electrons. The van der Waals surface area contributed by atoms with E-state index < -0.39 is 36.6 Å². The van der Waals surface area contributed by atoms with Crippen molar-refractivity contribution in [3.8, 4) is 0 Å². The normalized spacial score (nSPS) is 13.6. The highest BCUT2D eigenvalue weighted by Gasteiger charge is 2.75. The fourth-order valence-electron chi connectivity index (χ4n) is 1.96. The zero-order valence-electron chi connectivity index (χ0n) is 11.1. The maximum absolute atomic E-state index is 12.7. The van der Waals surface area contributed by atoms with Crippen LogP contribution >= 0.6 is 0 Å². The summed E-state index contributed by atoms with van der Waals surface area (Å²) in [4.78, 5) is 10.6. The van der Waals surface area contributed by atoms with E-state index in [1.807, 2.05) is 6.92 Å². The molecule has 0 amide bonds. The number of rotatable bonds is 8. The van der Waals surface area contributed by atoms with E-state index in [0.29, 0.717) is 12.8 Å². The van der Waals surface area contributed by atoms with Crippen LogP contribution in [-0.2, 0) is 4.79 Å². The van der Waals surface area contributed by atoms with Crippen molar-refractivity contribution in [3.63, 3.8) is 0 Å². The van der Waals surface area contributed by atoms with Crippen LogP contribution in [0.2, 0.25) is 0 Å². The number of halogens is 6. The van der Waals surface area contributed by atoms with E-state index in [1.165, 1.54) is 0 Å². The van der Waals surface area contributed by atoms with Gasteiger partial charge in [0.1, 0.15) is 0 Å². The van der Waals surface area contributed by atoms with Gasteiger partial charge >= 0.3 is 18.3 Å². The van der Waals surface area contributed by atoms with Gasteiger partial charge in [-0.1, -0.05) is 45.4 Å². The van der Waals surface area contributed by atoms with Gasteiger partial charge in [-0.05, 0) is 6.42 Å². The van der Waals surface area contributed by atoms with Gasteiger partial charge in [0, 0.05) is 0 Å². The lowest BCUT2D eigenvalue weighted by Gasteiger charge is -2.33. The molecule has 120 valence electrons. The Morgan fingerprint density at radius 2 is 1.25 bits per heavy atom. The van der Waals surface area contributed by atoms with Gasteiger partial charge in [0.15, 0.2) is 0 Å². The average Bonchev–Trinajstić information content (AvgIpc) is 2.23. The summed E-state index contributed by atoms with van der Waals surface area (Å²) in [6.07, 6.45) is -10.5. The molecular weight excluding hydrogens is 290 g/mol. The van der Waals surface area contributed by atoms with Gasteiger partial charge in [0.2, 0.25) is 0 Å². The SMILES string of the molecule is CCCCCCCCC(C(=O)O)(C(F)(F)F)C(F)(F)F. The minimum atomic E-state index is -5.86. The van der Waals surface area contributed by atoms with E-state index >= 15 is 0 Å². The van der Waals surface area contributed by atoms with Crippen LogP contribution in [0.4, 0.5) is 26.3 Å². The highest BCUT2D eigenvalue weighted by molar-refractivity contribution is 5.76. The van der Waals surface area contributed by atoms with Gasteiger partial charge in [-0.15, -0.1) is 0 Å². The van der Waals surface area contributed by atoms with Crippen LogP contribution in [0, 0.1) is 5.41 Å². The second-order valence-corrected chi connectivity index (χ2v) is 4.72. The molecule has 0 saturated carbocycles. The zero-order chi connectivity index (χ0) is 16.0. The molecule has 0 aliphatic rings. The van der Waals surface area contributed by atoms with Crippen molar-refractivity contribution in [3.05, 3.63) is 0 Å². The van der Waals surface area contributed by atoms with Gasteiger partial charge in [-0.3, -0.25) is 4.79 Å². The van der Waals surface area contributed by atoms with E-state index in [4.69, 9.17) is 5.11 Å². The third-order valence-electron chi connectivity index (χ3n) is 3.24. The summed E-state index contributed by atoms with van der Waals surface area (Å²) in [5.41, 5.74) is -4.66. The predicted octanol–water partition coefficient (Wildman–Crippen LogP) is 4.93. The first kappa shape index (κ1) is 19.1. The molecule has 0 aromatic carbocycles. The van der Waals surface area contributed by atoms with Crippen molar-refractivity contribution >= 4 is 5.97 Å². The molecule has 0 spiro atoms. The molecule has 20 heavy (non-hydrogen) atoms. The predicted molar refractivity (Wildman–Crippen MR) is 60.2 cm³/mol. The van der Waals surface area contributed by atoms with Crippen LogP contribution in [-0.4, -0.2) is 23.4 Å². The highest BCUT2D eigenvalue weighted by Crippen LogP contribution is 2.53. The summed E-state index contributed by atoms with van der Waals surface area (Å²) in [5.74, 6) is -2.88. The first-order chi connectivity index (χ1) is 9.00. The standard InChI is InChI=1S/C12H18F6O2/c1-2-3-4-5-6-7-8-10(9(19)20,11(13,14)15)12(16,17)18/h2-8H2,1H3,(H,19,20). The maximum Gasteiger partial charge on any atom is 0.413 e. The molecule has 0 bridgehead atoms. The summed E-state index contributed by atoms with van der Waals surface area (Å²) < 4.78 is 75.9. The van der Waals surface area contributed by atoms with Crippen LogP contribution < -0.4 is 0 Å². The number of hydrogen-bond donors (Lipinski definition) is 1. The Morgan fingerprint density at radius 3 is 1.60 bits per heavy atom. The van der Waals surface area contributed by atoms with Gasteiger partial charge in [0.25, 0.3) is 5.41 Å². The summed E-state index contributed by atoms with van der Waals surface area (Å²) in [6, 6.07) is 0. The lowest BCUT2D eigenvalue weighted by atomic mass is 9.80. The molecule has 0 atom stereocenters. The second-order valence-electron chi connectivity index (χ2n) is 4.72. The Morgan fingerprint density at radius 1 is 0.850 bits per heavy atom. The Balaban J connectivity index is 4.85. The first-order valence-corrected chi connectivity index (χ1v) is 6.37. The molecule has 2 nitrogen and oxygen atoms in total. The maximum atomic E-state index is 12.7. The third kappa shape index (κ3) is 4.28. The zero-order valence-corrected chi connectivity index (χ0v) is 11.1. The number of hydrogen-bond acceptors (Lipinski definition) is 1. The van der Waals surface area contributed by atoms with Crippen molar-refractivity contribution in [2.75, 3.05) is 0 Å². The lowest BCUT2D eigenvalue weighted by Crippen LogP contribution is -2.55. The minimum absolute atomic E-state index is 0.154. The quantitative estimate of drug-likeness (QED) is 0.510. The van der Waals surface area contributed by atoms with Crippen LogP contribution in [0.15, 0.2) is 0 Å². The van der Waals surface area contributed by atoms with Crippen molar-refractivity contribution in [1.82, 2.24) is 0 Å². The molecule has 0 heterocycles. The number of alkyl halides is 6. The van der Waals surface area contributed by atoms with Crippen LogP contribution in [0.3, 0.4) is 0 Å². The smallest absolute Gasteiger partial charge is 0.413 e. The molecular formula is C12H18F6O2. The fourth-order valence-corrected chi connectivity index (χ4v) is 1.96. The van der Waals surface area contributed by atoms with E-state index in [-0.39, 0.29) is 6.42 Å². The number of carboxylic acid groups (broad SMARTS) is 1. The fraction of sp³-hybridized carbons (Fsp3) is 0.917. The van der Waals surface area contributed by atoms with Gasteiger partial charge in [0.05, 0.1) is 0 Å². The topological polar surface area (TPSA) is 37.3 Å². The molecule has 1 N–H and O–H groups in total. The van der Waals surface area contributed by atoms with Gasteiger partial charge in [-0.2, -0.15) is 26.3 Å². The largest absolute Gasteiger partial charge is 0.480 e. The van der Waals surface area contributed by atoms with E-state index in [9.17, 15) is 31.1 Å². The molecule has 0 saturated heterocycles. The van der Waals surface area contributed by atoms with Crippen molar-refractivity contribution in [2.45, 2.75) is 64.2 Å². The Labute approximate surface area is 113 Å². The molecule has 0 aromatic rings. The molecule has 8 heteroatoms. The van der Waals surface area contributed by atoms with E-state index in [0.717, 1.165) is 12.8 Å². The number of carboxylic acids is 1. The monoisotopic (exact) mass is 308 g/mol. The van der Waals surface area contributed by atoms with Crippen LogP contribution in [0.1, 0.15) is 51.9 Å². The number of aliphatic carboxylic acids is 1. The molecule has 0 rings (SSSR count). The van der Waals surface area contributed by atoms with Crippen molar-refractivity contribution in [1.29, 1.82) is 0 Å². The van der Waals surface area contributed by atoms with Gasteiger partial charge in [-0.25, -0.2) is 0 Å². The summed E-state index contributed by atoms with van der Waals surface area (Å²) in [7, 11) is 0. The molecule has 0 fully saturated rings. The first-order valence-electron chi connectivity index (χ1n) is 6.37. The number of unbranched alkanes of at least 4 members (excludes halogenated alkanes) is 5.